The van der Waals surface area contributed by atoms with E-state index < -0.39 is 0 Å². The van der Waals surface area contributed by atoms with Crippen molar-refractivity contribution >= 4 is 0 Å². The molecule has 3 nitrogen and oxygen atoms in total. The third-order valence-corrected chi connectivity index (χ3v) is 2.00. The van der Waals surface area contributed by atoms with Gasteiger partial charge in [0.05, 0.1) is 13.2 Å². The van der Waals surface area contributed by atoms with Crippen molar-refractivity contribution in [1.29, 1.82) is 0 Å². The predicted molar refractivity (Wildman–Crippen MR) is 45.5 cm³/mol. The lowest BCUT2D eigenvalue weighted by Crippen LogP contribution is -2.38. The summed E-state index contributed by atoms with van der Waals surface area (Å²) in [5, 5.41) is 0. The fourth-order valence-corrected chi connectivity index (χ4v) is 1.21. The van der Waals surface area contributed by atoms with Crippen LogP contribution in [-0.4, -0.2) is 43.8 Å². The van der Waals surface area contributed by atoms with Crippen molar-refractivity contribution < 1.29 is 4.74 Å². The molecule has 1 unspecified atom stereocenters. The van der Waals surface area contributed by atoms with E-state index in [-0.39, 0.29) is 0 Å². The van der Waals surface area contributed by atoms with E-state index in [1.807, 2.05) is 0 Å². The Morgan fingerprint density at radius 2 is 2.09 bits per heavy atom. The SMILES string of the molecule is CC(N)CCN1CCOCC1. The van der Waals surface area contributed by atoms with Crippen LogP contribution in [0.3, 0.4) is 0 Å². The van der Waals surface area contributed by atoms with E-state index in [0.717, 1.165) is 39.3 Å². The molecule has 0 aromatic carbocycles. The minimum absolute atomic E-state index is 0.331. The number of nitrogens with zero attached hydrogens (tertiary/aromatic N) is 1. The molecular formula is C8H18N2O. The summed E-state index contributed by atoms with van der Waals surface area (Å²) in [6.45, 7) is 7.11. The summed E-state index contributed by atoms with van der Waals surface area (Å²) in [5.41, 5.74) is 5.65. The topological polar surface area (TPSA) is 38.5 Å². The van der Waals surface area contributed by atoms with Crippen molar-refractivity contribution in [2.45, 2.75) is 19.4 Å². The highest BCUT2D eigenvalue weighted by atomic mass is 16.5. The van der Waals surface area contributed by atoms with Crippen molar-refractivity contribution in [2.24, 2.45) is 5.73 Å². The Morgan fingerprint density at radius 3 is 2.64 bits per heavy atom. The molecule has 66 valence electrons. The molecule has 1 atom stereocenters. The van der Waals surface area contributed by atoms with Gasteiger partial charge in [0.25, 0.3) is 0 Å². The second-order valence-electron chi connectivity index (χ2n) is 3.22. The molecule has 0 aromatic heterocycles. The average molecular weight is 158 g/mol. The maximum Gasteiger partial charge on any atom is 0.0594 e. The Morgan fingerprint density at radius 1 is 1.45 bits per heavy atom. The van der Waals surface area contributed by atoms with E-state index in [4.69, 9.17) is 10.5 Å². The monoisotopic (exact) mass is 158 g/mol. The van der Waals surface area contributed by atoms with E-state index in [2.05, 4.69) is 11.8 Å². The zero-order valence-corrected chi connectivity index (χ0v) is 7.25. The fourth-order valence-electron chi connectivity index (χ4n) is 1.21. The lowest BCUT2D eigenvalue weighted by molar-refractivity contribution is 0.0368. The van der Waals surface area contributed by atoms with E-state index in [1.165, 1.54) is 0 Å². The van der Waals surface area contributed by atoms with Crippen LogP contribution in [0, 0.1) is 0 Å². The molecular weight excluding hydrogens is 140 g/mol. The van der Waals surface area contributed by atoms with Crippen LogP contribution in [0.5, 0.6) is 0 Å². The molecule has 11 heavy (non-hydrogen) atoms. The van der Waals surface area contributed by atoms with Crippen LogP contribution in [0.25, 0.3) is 0 Å². The number of ether oxygens (including phenoxy) is 1. The average Bonchev–Trinajstić information content (AvgIpc) is 2.03. The molecule has 1 aliphatic rings. The third kappa shape index (κ3) is 3.70. The van der Waals surface area contributed by atoms with Crippen LogP contribution in [0.2, 0.25) is 0 Å². The second kappa shape index (κ2) is 4.70. The van der Waals surface area contributed by atoms with Gasteiger partial charge in [-0.15, -0.1) is 0 Å². The molecule has 3 heteroatoms. The van der Waals surface area contributed by atoms with Gasteiger partial charge in [-0.3, -0.25) is 4.90 Å². The number of hydrogen-bond donors (Lipinski definition) is 1. The fraction of sp³-hybridized carbons (Fsp3) is 1.00. The Hall–Kier alpha value is -0.120. The van der Waals surface area contributed by atoms with E-state index in [0.29, 0.717) is 6.04 Å². The van der Waals surface area contributed by atoms with Crippen LogP contribution in [0.15, 0.2) is 0 Å². The standard InChI is InChI=1S/C8H18N2O/c1-8(9)2-3-10-4-6-11-7-5-10/h8H,2-7,9H2,1H3. The molecule has 1 heterocycles. The zero-order valence-electron chi connectivity index (χ0n) is 7.25. The number of hydrogen-bond acceptors (Lipinski definition) is 3. The van der Waals surface area contributed by atoms with Crippen LogP contribution in [0.1, 0.15) is 13.3 Å². The Labute approximate surface area is 68.5 Å². The van der Waals surface area contributed by atoms with E-state index in [9.17, 15) is 0 Å². The normalized spacial score (nSPS) is 23.5. The van der Waals surface area contributed by atoms with Crippen LogP contribution in [-0.2, 0) is 4.74 Å². The molecule has 1 rings (SSSR count). The van der Waals surface area contributed by atoms with Crippen molar-refractivity contribution in [3.05, 3.63) is 0 Å². The van der Waals surface area contributed by atoms with Crippen molar-refractivity contribution in [1.82, 2.24) is 4.90 Å². The van der Waals surface area contributed by atoms with Gasteiger partial charge >= 0.3 is 0 Å². The number of nitrogens with two attached hydrogens (primary N) is 1. The Bertz CT molecular complexity index is 100. The molecule has 0 spiro atoms. The summed E-state index contributed by atoms with van der Waals surface area (Å²) < 4.78 is 5.23. The minimum Gasteiger partial charge on any atom is -0.379 e. The first-order valence-corrected chi connectivity index (χ1v) is 4.34. The summed E-state index contributed by atoms with van der Waals surface area (Å²) in [6, 6.07) is 0.331. The third-order valence-electron chi connectivity index (χ3n) is 2.00. The van der Waals surface area contributed by atoms with Gasteiger partial charge in [-0.05, 0) is 19.9 Å². The van der Waals surface area contributed by atoms with Gasteiger partial charge in [0.15, 0.2) is 0 Å². The van der Waals surface area contributed by atoms with E-state index >= 15 is 0 Å². The molecule has 2 N–H and O–H groups in total. The van der Waals surface area contributed by atoms with Gasteiger partial charge in [-0.2, -0.15) is 0 Å². The maximum absolute atomic E-state index is 5.65. The van der Waals surface area contributed by atoms with Gasteiger partial charge in [0, 0.05) is 19.1 Å². The molecule has 0 radical (unpaired) electrons. The lowest BCUT2D eigenvalue weighted by atomic mass is 10.2. The second-order valence-corrected chi connectivity index (χ2v) is 3.22. The van der Waals surface area contributed by atoms with Gasteiger partial charge in [0.2, 0.25) is 0 Å². The number of morpholine rings is 1. The highest BCUT2D eigenvalue weighted by molar-refractivity contribution is 4.64. The molecule has 0 aromatic rings. The molecule has 1 aliphatic heterocycles. The summed E-state index contributed by atoms with van der Waals surface area (Å²) in [4.78, 5) is 2.41. The van der Waals surface area contributed by atoms with Crippen molar-refractivity contribution in [3.8, 4) is 0 Å². The van der Waals surface area contributed by atoms with E-state index in [1.54, 1.807) is 0 Å². The largest absolute Gasteiger partial charge is 0.379 e. The molecule has 1 fully saturated rings. The Balaban J connectivity index is 2.05. The summed E-state index contributed by atoms with van der Waals surface area (Å²) in [5.74, 6) is 0. The molecule has 0 amide bonds. The van der Waals surface area contributed by atoms with Crippen molar-refractivity contribution in [3.63, 3.8) is 0 Å². The molecule has 0 aliphatic carbocycles. The maximum atomic E-state index is 5.65. The summed E-state index contributed by atoms with van der Waals surface area (Å²) >= 11 is 0. The van der Waals surface area contributed by atoms with Gasteiger partial charge in [0.1, 0.15) is 0 Å². The first-order valence-electron chi connectivity index (χ1n) is 4.34. The molecule has 0 saturated carbocycles. The molecule has 1 saturated heterocycles. The smallest absolute Gasteiger partial charge is 0.0594 e. The highest BCUT2D eigenvalue weighted by Gasteiger charge is 2.09. The van der Waals surface area contributed by atoms with Crippen molar-refractivity contribution in [2.75, 3.05) is 32.8 Å². The minimum atomic E-state index is 0.331. The first kappa shape index (κ1) is 8.97. The highest BCUT2D eigenvalue weighted by Crippen LogP contribution is 1.98. The lowest BCUT2D eigenvalue weighted by Gasteiger charge is -2.26. The Kier molecular flexibility index (Phi) is 3.83. The van der Waals surface area contributed by atoms with Crippen LogP contribution >= 0.6 is 0 Å². The van der Waals surface area contributed by atoms with Gasteiger partial charge in [-0.1, -0.05) is 0 Å². The first-order chi connectivity index (χ1) is 5.29. The predicted octanol–water partition coefficient (Wildman–Crippen LogP) is 0.0559. The van der Waals surface area contributed by atoms with Gasteiger partial charge in [-0.25, -0.2) is 0 Å². The molecule has 0 bridgehead atoms. The van der Waals surface area contributed by atoms with Crippen LogP contribution in [0.4, 0.5) is 0 Å². The van der Waals surface area contributed by atoms with Gasteiger partial charge < -0.3 is 10.5 Å². The quantitative estimate of drug-likeness (QED) is 0.631. The zero-order chi connectivity index (χ0) is 8.10. The number of rotatable bonds is 3. The van der Waals surface area contributed by atoms with Crippen LogP contribution < -0.4 is 5.73 Å². The summed E-state index contributed by atoms with van der Waals surface area (Å²) in [6.07, 6.45) is 1.10. The summed E-state index contributed by atoms with van der Waals surface area (Å²) in [7, 11) is 0.